The molecule has 0 spiro atoms. The van der Waals surface area contributed by atoms with E-state index in [0.29, 0.717) is 39.9 Å². The maximum absolute atomic E-state index is 12.9. The van der Waals surface area contributed by atoms with E-state index in [0.717, 1.165) is 10.0 Å². The number of benzene rings is 2. The molecular formula is C20H19BrClN3O3S. The highest BCUT2D eigenvalue weighted by Crippen LogP contribution is 2.22. The Balaban J connectivity index is 1.82. The van der Waals surface area contributed by atoms with Crippen molar-refractivity contribution >= 4 is 61.8 Å². The summed E-state index contributed by atoms with van der Waals surface area (Å²) in [6.07, 6.45) is 0. The number of carbonyl (C=O) groups is 1. The van der Waals surface area contributed by atoms with Crippen molar-refractivity contribution in [3.05, 3.63) is 61.8 Å². The van der Waals surface area contributed by atoms with Gasteiger partial charge in [0.2, 0.25) is 5.91 Å². The molecule has 0 atom stereocenters. The summed E-state index contributed by atoms with van der Waals surface area (Å²) >= 11 is 10.7. The smallest absolute Gasteiger partial charge is 0.262 e. The number of hydrogen-bond donors (Lipinski definition) is 1. The molecule has 0 aliphatic rings. The average Bonchev–Trinajstić information content (AvgIpc) is 2.69. The number of halogens is 2. The van der Waals surface area contributed by atoms with Gasteiger partial charge in [-0.05, 0) is 42.8 Å². The molecule has 1 heterocycles. The van der Waals surface area contributed by atoms with Crippen LogP contribution in [0.25, 0.3) is 10.9 Å². The molecule has 0 radical (unpaired) electrons. The first-order chi connectivity index (χ1) is 13.9. The topological polar surface area (TPSA) is 73.2 Å². The van der Waals surface area contributed by atoms with E-state index in [1.54, 1.807) is 35.9 Å². The van der Waals surface area contributed by atoms with Crippen LogP contribution in [0, 0.1) is 6.92 Å². The molecule has 0 saturated heterocycles. The van der Waals surface area contributed by atoms with Crippen molar-refractivity contribution in [3.63, 3.8) is 0 Å². The Morgan fingerprint density at radius 3 is 2.83 bits per heavy atom. The fourth-order valence-corrected chi connectivity index (χ4v) is 4.03. The predicted molar refractivity (Wildman–Crippen MR) is 121 cm³/mol. The van der Waals surface area contributed by atoms with Gasteiger partial charge in [0.25, 0.3) is 5.56 Å². The number of ether oxygens (including phenoxy) is 1. The molecule has 152 valence electrons. The van der Waals surface area contributed by atoms with Crippen LogP contribution < -0.4 is 10.9 Å². The summed E-state index contributed by atoms with van der Waals surface area (Å²) < 4.78 is 7.46. The highest BCUT2D eigenvalue weighted by molar-refractivity contribution is 9.10. The highest BCUT2D eigenvalue weighted by atomic mass is 79.9. The van der Waals surface area contributed by atoms with Gasteiger partial charge in [0.15, 0.2) is 5.16 Å². The summed E-state index contributed by atoms with van der Waals surface area (Å²) in [5, 5.41) is 4.38. The second-order valence-corrected chi connectivity index (χ2v) is 8.57. The second-order valence-electron chi connectivity index (χ2n) is 6.31. The molecule has 3 aromatic rings. The lowest BCUT2D eigenvalue weighted by Gasteiger charge is -2.13. The lowest BCUT2D eigenvalue weighted by atomic mass is 10.2. The third-order valence-electron chi connectivity index (χ3n) is 4.19. The van der Waals surface area contributed by atoms with E-state index in [2.05, 4.69) is 26.2 Å². The van der Waals surface area contributed by atoms with Crippen molar-refractivity contribution in [1.29, 1.82) is 0 Å². The second kappa shape index (κ2) is 9.75. The van der Waals surface area contributed by atoms with Crippen LogP contribution in [0.15, 0.2) is 50.8 Å². The van der Waals surface area contributed by atoms with Crippen LogP contribution in [0.5, 0.6) is 0 Å². The lowest BCUT2D eigenvalue weighted by molar-refractivity contribution is -0.113. The molecule has 9 heteroatoms. The van der Waals surface area contributed by atoms with Crippen molar-refractivity contribution in [2.45, 2.75) is 18.6 Å². The Bertz CT molecular complexity index is 1120. The van der Waals surface area contributed by atoms with Gasteiger partial charge in [0.05, 0.1) is 29.8 Å². The maximum atomic E-state index is 12.9. The summed E-state index contributed by atoms with van der Waals surface area (Å²) in [5.41, 5.74) is 1.98. The van der Waals surface area contributed by atoms with Gasteiger partial charge < -0.3 is 10.1 Å². The number of carbonyl (C=O) groups excluding carboxylic acids is 1. The van der Waals surface area contributed by atoms with Gasteiger partial charge in [0, 0.05) is 22.3 Å². The van der Waals surface area contributed by atoms with Gasteiger partial charge in [-0.3, -0.25) is 14.2 Å². The van der Waals surface area contributed by atoms with Crippen molar-refractivity contribution in [3.8, 4) is 0 Å². The summed E-state index contributed by atoms with van der Waals surface area (Å²) in [4.78, 5) is 29.9. The first-order valence-electron chi connectivity index (χ1n) is 8.77. The summed E-state index contributed by atoms with van der Waals surface area (Å²) in [6, 6.07) is 10.7. The maximum Gasteiger partial charge on any atom is 0.262 e. The predicted octanol–water partition coefficient (Wildman–Crippen LogP) is 4.50. The van der Waals surface area contributed by atoms with Gasteiger partial charge in [0.1, 0.15) is 0 Å². The number of thioether (sulfide) groups is 1. The molecule has 0 aliphatic heterocycles. The number of fused-ring (bicyclic) bond motifs is 1. The quantitative estimate of drug-likeness (QED) is 0.385. The van der Waals surface area contributed by atoms with Gasteiger partial charge in [-0.1, -0.05) is 45.4 Å². The van der Waals surface area contributed by atoms with Crippen molar-refractivity contribution in [2.75, 3.05) is 24.8 Å². The molecule has 0 aliphatic carbocycles. The first kappa shape index (κ1) is 21.8. The Hall–Kier alpha value is -1.87. The van der Waals surface area contributed by atoms with Gasteiger partial charge in [-0.2, -0.15) is 0 Å². The Morgan fingerprint density at radius 2 is 2.10 bits per heavy atom. The van der Waals surface area contributed by atoms with Crippen LogP contribution in [0.4, 0.5) is 5.69 Å². The Morgan fingerprint density at radius 1 is 1.31 bits per heavy atom. The largest absolute Gasteiger partial charge is 0.383 e. The van der Waals surface area contributed by atoms with Crippen molar-refractivity contribution < 1.29 is 9.53 Å². The molecule has 3 rings (SSSR count). The molecule has 0 saturated carbocycles. The molecule has 6 nitrogen and oxygen atoms in total. The van der Waals surface area contributed by atoms with E-state index >= 15 is 0 Å². The summed E-state index contributed by atoms with van der Waals surface area (Å²) in [5.74, 6) is -0.106. The minimum atomic E-state index is -0.210. The third-order valence-corrected chi connectivity index (χ3v) is 6.06. The lowest BCUT2D eigenvalue weighted by Crippen LogP contribution is -2.26. The van der Waals surface area contributed by atoms with E-state index in [9.17, 15) is 9.59 Å². The van der Waals surface area contributed by atoms with Crippen molar-refractivity contribution in [2.24, 2.45) is 0 Å². The first-order valence-corrected chi connectivity index (χ1v) is 10.9. The van der Waals surface area contributed by atoms with Crippen LogP contribution in [-0.4, -0.2) is 34.9 Å². The molecule has 2 aromatic carbocycles. The Kier molecular flexibility index (Phi) is 7.34. The number of methoxy groups -OCH3 is 1. The van der Waals surface area contributed by atoms with Crippen LogP contribution >= 0.6 is 39.3 Å². The van der Waals surface area contributed by atoms with Gasteiger partial charge in [-0.25, -0.2) is 4.98 Å². The van der Waals surface area contributed by atoms with E-state index in [1.165, 1.54) is 11.8 Å². The number of anilines is 1. The fourth-order valence-electron chi connectivity index (χ4n) is 2.66. The van der Waals surface area contributed by atoms with Gasteiger partial charge >= 0.3 is 0 Å². The van der Waals surface area contributed by atoms with Crippen LogP contribution in [-0.2, 0) is 16.1 Å². The van der Waals surface area contributed by atoms with Gasteiger partial charge in [-0.15, -0.1) is 0 Å². The molecule has 1 N–H and O–H groups in total. The third kappa shape index (κ3) is 5.39. The van der Waals surface area contributed by atoms with Crippen molar-refractivity contribution in [1.82, 2.24) is 9.55 Å². The molecule has 0 bridgehead atoms. The van der Waals surface area contributed by atoms with E-state index in [4.69, 9.17) is 16.3 Å². The number of rotatable bonds is 7. The molecular weight excluding hydrogens is 478 g/mol. The number of amides is 1. The zero-order chi connectivity index (χ0) is 21.0. The Labute approximate surface area is 185 Å². The van der Waals surface area contributed by atoms with Crippen LogP contribution in [0.1, 0.15) is 5.56 Å². The number of aromatic nitrogens is 2. The van der Waals surface area contributed by atoms with Crippen LogP contribution in [0.2, 0.25) is 5.02 Å². The average molecular weight is 497 g/mol. The minimum absolute atomic E-state index is 0.104. The fraction of sp³-hybridized carbons (Fsp3) is 0.250. The number of nitrogens with zero attached hydrogens (tertiary/aromatic N) is 2. The highest BCUT2D eigenvalue weighted by Gasteiger charge is 2.14. The summed E-state index contributed by atoms with van der Waals surface area (Å²) in [6.45, 7) is 2.61. The molecule has 1 aromatic heterocycles. The standard InChI is InChI=1S/C20H19BrClN3O3S/c1-12-3-5-14(10-16(12)22)23-18(26)11-29-20-24-17-6-4-13(21)9-15(17)19(27)25(20)7-8-28-2/h3-6,9-10H,7-8,11H2,1-2H3,(H,23,26). The zero-order valence-corrected chi connectivity index (χ0v) is 19.0. The molecule has 0 fully saturated rings. The minimum Gasteiger partial charge on any atom is -0.383 e. The van der Waals surface area contributed by atoms with E-state index in [1.807, 2.05) is 19.1 Å². The number of hydrogen-bond acceptors (Lipinski definition) is 5. The number of nitrogens with one attached hydrogen (secondary N) is 1. The monoisotopic (exact) mass is 495 g/mol. The molecule has 1 amide bonds. The number of aryl methyl sites for hydroxylation is 1. The SMILES string of the molecule is COCCn1c(SCC(=O)Nc2ccc(C)c(Cl)c2)nc2ccc(Br)cc2c1=O. The van der Waals surface area contributed by atoms with Crippen LogP contribution in [0.3, 0.4) is 0 Å². The summed E-state index contributed by atoms with van der Waals surface area (Å²) in [7, 11) is 1.57. The zero-order valence-electron chi connectivity index (χ0n) is 15.9. The van der Waals surface area contributed by atoms with E-state index < -0.39 is 0 Å². The van der Waals surface area contributed by atoms with E-state index in [-0.39, 0.29) is 17.2 Å². The normalized spacial score (nSPS) is 11.0. The molecule has 29 heavy (non-hydrogen) atoms. The molecule has 0 unspecified atom stereocenters.